The number of alkyl halides is 3. The number of fused-ring (bicyclic) bond motifs is 2. The Bertz CT molecular complexity index is 1670. The smallest absolute Gasteiger partial charge is 0.386 e. The van der Waals surface area contributed by atoms with Gasteiger partial charge < -0.3 is 15.5 Å². The van der Waals surface area contributed by atoms with Crippen LogP contribution < -0.4 is 5.32 Å². The molecule has 0 radical (unpaired) electrons. The van der Waals surface area contributed by atoms with E-state index in [2.05, 4.69) is 10.3 Å². The van der Waals surface area contributed by atoms with E-state index in [-0.39, 0.29) is 45.6 Å². The van der Waals surface area contributed by atoms with Gasteiger partial charge in [-0.15, -0.1) is 0 Å². The predicted octanol–water partition coefficient (Wildman–Crippen LogP) is 5.96. The van der Waals surface area contributed by atoms with Crippen molar-refractivity contribution >= 4 is 33.0 Å². The molecule has 0 saturated heterocycles. The number of amides is 1. The minimum Gasteiger partial charge on any atom is -0.386 e. The molecule has 230 valence electrons. The Balaban J connectivity index is 1.39. The third-order valence-corrected chi connectivity index (χ3v) is 11.3. The van der Waals surface area contributed by atoms with Crippen LogP contribution in [0.1, 0.15) is 53.9 Å². The molecule has 2 aliphatic rings. The van der Waals surface area contributed by atoms with Crippen molar-refractivity contribution in [2.45, 2.75) is 54.2 Å². The Labute approximate surface area is 248 Å². The number of nitrogens with zero attached hydrogens (tertiary/aromatic N) is 1. The normalized spacial score (nSPS) is 26.3. The molecule has 1 aromatic heterocycles. The highest BCUT2D eigenvalue weighted by Gasteiger charge is 2.62. The molecule has 2 aromatic carbocycles. The fourth-order valence-corrected chi connectivity index (χ4v) is 8.81. The molecule has 6 atom stereocenters. The number of rotatable bonds is 6. The molecule has 5 rings (SSSR count). The molecule has 2 aliphatic carbocycles. The Morgan fingerprint density at radius 1 is 1.07 bits per heavy atom. The third-order valence-electron chi connectivity index (χ3n) is 8.60. The maximum atomic E-state index is 13.9. The first-order chi connectivity index (χ1) is 20.0. The van der Waals surface area contributed by atoms with Gasteiger partial charge >= 0.3 is 6.18 Å². The van der Waals surface area contributed by atoms with Crippen LogP contribution in [0.25, 0.3) is 0 Å². The number of pyridine rings is 1. The molecule has 43 heavy (non-hydrogen) atoms. The number of aliphatic hydroxyl groups is 2. The summed E-state index contributed by atoms with van der Waals surface area (Å²) in [5, 5.41) is 24.1. The number of anilines is 1. The van der Waals surface area contributed by atoms with E-state index in [1.54, 1.807) is 6.92 Å². The van der Waals surface area contributed by atoms with Crippen LogP contribution in [-0.4, -0.2) is 40.4 Å². The SMILES string of the molecule is C[C@H]1CC2C[C@@H](S(=O)(=O)c3cc(C(=O)Nc4ccc(F)c(F)c4)ccc3Cl)CC1[C@@]2(O)C(O)c1ccc(C(F)(F)F)cn1. The van der Waals surface area contributed by atoms with E-state index < -0.39 is 67.9 Å². The highest BCUT2D eigenvalue weighted by atomic mass is 35.5. The molecular formula is C29H26ClF5N2O5S. The molecule has 2 bridgehead atoms. The van der Waals surface area contributed by atoms with E-state index in [0.29, 0.717) is 12.6 Å². The van der Waals surface area contributed by atoms with Crippen molar-refractivity contribution in [2.24, 2.45) is 17.8 Å². The molecule has 2 saturated carbocycles. The van der Waals surface area contributed by atoms with Crippen LogP contribution in [0, 0.1) is 29.4 Å². The third kappa shape index (κ3) is 5.63. The van der Waals surface area contributed by atoms with Crippen molar-refractivity contribution in [2.75, 3.05) is 5.32 Å². The lowest BCUT2D eigenvalue weighted by molar-refractivity contribution is -0.149. The van der Waals surface area contributed by atoms with Gasteiger partial charge in [-0.3, -0.25) is 9.78 Å². The molecule has 1 heterocycles. The van der Waals surface area contributed by atoms with Gasteiger partial charge in [0.1, 0.15) is 11.7 Å². The number of sulfone groups is 1. The standard InChI is InChI=1S/C29H26ClF5N2O5S/c1-14-8-17-10-19(12-20(14)28(17,40)26(38)24-7-3-16(13-36-24)29(33,34)35)43(41,42)25-9-15(2-5-21(25)30)27(39)37-18-4-6-22(31)23(32)11-18/h2-7,9,11,13-14,17,19-20,26,38,40H,8,10,12H2,1H3,(H,37,39)/t14-,17?,19+,20?,26?,28+/m0/s1. The van der Waals surface area contributed by atoms with Crippen LogP contribution >= 0.6 is 11.6 Å². The number of aliphatic hydroxyl groups excluding tert-OH is 1. The molecule has 3 unspecified atom stereocenters. The zero-order chi connectivity index (χ0) is 31.5. The van der Waals surface area contributed by atoms with Gasteiger partial charge in [0.15, 0.2) is 21.5 Å². The second-order valence-electron chi connectivity index (χ2n) is 11.1. The van der Waals surface area contributed by atoms with Gasteiger partial charge in [-0.2, -0.15) is 13.2 Å². The highest BCUT2D eigenvalue weighted by Crippen LogP contribution is 2.58. The van der Waals surface area contributed by atoms with Crippen molar-refractivity contribution in [3.8, 4) is 0 Å². The monoisotopic (exact) mass is 644 g/mol. The van der Waals surface area contributed by atoms with Crippen molar-refractivity contribution in [3.63, 3.8) is 0 Å². The first-order valence-corrected chi connectivity index (χ1v) is 15.2. The lowest BCUT2D eigenvalue weighted by Gasteiger charge is -2.45. The average molecular weight is 645 g/mol. The zero-order valence-electron chi connectivity index (χ0n) is 22.4. The molecular weight excluding hydrogens is 619 g/mol. The summed E-state index contributed by atoms with van der Waals surface area (Å²) in [5.74, 6) is -4.80. The molecule has 0 spiro atoms. The topological polar surface area (TPSA) is 117 Å². The minimum absolute atomic E-state index is 0.0542. The first-order valence-electron chi connectivity index (χ1n) is 13.3. The molecule has 14 heteroatoms. The van der Waals surface area contributed by atoms with Crippen molar-refractivity contribution in [1.29, 1.82) is 0 Å². The van der Waals surface area contributed by atoms with Gasteiger partial charge in [-0.1, -0.05) is 18.5 Å². The van der Waals surface area contributed by atoms with Gasteiger partial charge in [0.2, 0.25) is 0 Å². The average Bonchev–Trinajstić information content (AvgIpc) is 3.06. The second-order valence-corrected chi connectivity index (χ2v) is 13.7. The summed E-state index contributed by atoms with van der Waals surface area (Å²) in [4.78, 5) is 16.2. The molecule has 7 nitrogen and oxygen atoms in total. The summed E-state index contributed by atoms with van der Waals surface area (Å²) in [6, 6.07) is 8.07. The van der Waals surface area contributed by atoms with Crippen molar-refractivity contribution in [1.82, 2.24) is 4.98 Å². The number of carbonyl (C=O) groups is 1. The highest BCUT2D eigenvalue weighted by molar-refractivity contribution is 7.92. The van der Waals surface area contributed by atoms with Crippen LogP contribution in [0.4, 0.5) is 27.6 Å². The van der Waals surface area contributed by atoms with Gasteiger partial charge in [0.05, 0.1) is 26.4 Å². The van der Waals surface area contributed by atoms with E-state index in [9.17, 15) is 45.4 Å². The number of halogens is 6. The Hall–Kier alpha value is -3.13. The molecule has 0 aliphatic heterocycles. The predicted molar refractivity (Wildman–Crippen MR) is 146 cm³/mol. The van der Waals surface area contributed by atoms with E-state index in [1.807, 2.05) is 0 Å². The van der Waals surface area contributed by atoms with Gasteiger partial charge in [-0.05, 0) is 79.5 Å². The molecule has 3 N–H and O–H groups in total. The van der Waals surface area contributed by atoms with E-state index in [1.165, 1.54) is 12.1 Å². The Kier molecular flexibility index (Phi) is 8.08. The summed E-state index contributed by atoms with van der Waals surface area (Å²) in [5.41, 5.74) is -3.18. The lowest BCUT2D eigenvalue weighted by atomic mass is 9.69. The summed E-state index contributed by atoms with van der Waals surface area (Å²) in [6.07, 6.45) is -5.54. The van der Waals surface area contributed by atoms with E-state index >= 15 is 0 Å². The van der Waals surface area contributed by atoms with Crippen LogP contribution in [0.3, 0.4) is 0 Å². The fourth-order valence-electron chi connectivity index (χ4n) is 6.43. The number of nitrogens with one attached hydrogen (secondary N) is 1. The van der Waals surface area contributed by atoms with Gasteiger partial charge in [0.25, 0.3) is 5.91 Å². The first kappa shape index (κ1) is 31.3. The van der Waals surface area contributed by atoms with Crippen LogP contribution in [-0.2, 0) is 16.0 Å². The van der Waals surface area contributed by atoms with Crippen molar-refractivity contribution < 1.29 is 45.4 Å². The van der Waals surface area contributed by atoms with E-state index in [4.69, 9.17) is 11.6 Å². The number of carbonyl (C=O) groups excluding carboxylic acids is 1. The van der Waals surface area contributed by atoms with Crippen LogP contribution in [0.15, 0.2) is 59.6 Å². The maximum absolute atomic E-state index is 13.9. The Morgan fingerprint density at radius 3 is 2.40 bits per heavy atom. The summed E-state index contributed by atoms with van der Waals surface area (Å²) >= 11 is 6.27. The largest absolute Gasteiger partial charge is 0.417 e. The number of benzene rings is 2. The second kappa shape index (κ2) is 11.1. The van der Waals surface area contributed by atoms with E-state index in [0.717, 1.165) is 36.4 Å². The fraction of sp³-hybridized carbons (Fsp3) is 0.379. The van der Waals surface area contributed by atoms with Crippen molar-refractivity contribution in [3.05, 3.63) is 88.2 Å². The Morgan fingerprint density at radius 2 is 1.79 bits per heavy atom. The summed E-state index contributed by atoms with van der Waals surface area (Å²) in [7, 11) is -4.20. The zero-order valence-corrected chi connectivity index (χ0v) is 24.0. The summed E-state index contributed by atoms with van der Waals surface area (Å²) in [6.45, 7) is 1.80. The molecule has 2 fully saturated rings. The minimum atomic E-state index is -4.63. The number of aromatic nitrogens is 1. The molecule has 3 aromatic rings. The summed E-state index contributed by atoms with van der Waals surface area (Å²) < 4.78 is 93.5. The number of hydrogen-bond donors (Lipinski definition) is 3. The van der Waals surface area contributed by atoms with Gasteiger partial charge in [-0.25, -0.2) is 17.2 Å². The number of hydrogen-bond acceptors (Lipinski definition) is 6. The quantitative estimate of drug-likeness (QED) is 0.285. The molecule has 1 amide bonds. The maximum Gasteiger partial charge on any atom is 0.417 e. The lowest BCUT2D eigenvalue weighted by Crippen LogP contribution is -2.52. The van der Waals surface area contributed by atoms with Gasteiger partial charge in [0, 0.05) is 23.5 Å². The van der Waals surface area contributed by atoms with Crippen LogP contribution in [0.5, 0.6) is 0 Å². The van der Waals surface area contributed by atoms with Crippen LogP contribution in [0.2, 0.25) is 5.02 Å².